The molecule has 0 radical (unpaired) electrons. The van der Waals surface area contributed by atoms with Crippen LogP contribution in [-0.2, 0) is 21.4 Å². The number of sulfonamides is 1. The number of nitrogens with zero attached hydrogens (tertiary/aromatic N) is 4. The van der Waals surface area contributed by atoms with Gasteiger partial charge < -0.3 is 9.42 Å². The third-order valence-electron chi connectivity index (χ3n) is 4.86. The van der Waals surface area contributed by atoms with Gasteiger partial charge in [0.05, 0.1) is 6.54 Å². The van der Waals surface area contributed by atoms with Gasteiger partial charge in [0, 0.05) is 32.7 Å². The van der Waals surface area contributed by atoms with Gasteiger partial charge in [-0.05, 0) is 26.5 Å². The Balaban J connectivity index is 1.55. The first kappa shape index (κ1) is 20.5. The summed E-state index contributed by atoms with van der Waals surface area (Å²) < 4.78 is 32.1. The molecule has 1 aliphatic rings. The van der Waals surface area contributed by atoms with E-state index in [1.54, 1.807) is 18.7 Å². The lowest BCUT2D eigenvalue weighted by Crippen LogP contribution is -2.52. The molecule has 1 aromatic carbocycles. The zero-order valence-corrected chi connectivity index (χ0v) is 17.3. The minimum atomic E-state index is -3.66. The van der Waals surface area contributed by atoms with Crippen LogP contribution in [0.1, 0.15) is 17.0 Å². The van der Waals surface area contributed by atoms with E-state index in [4.69, 9.17) is 4.52 Å². The highest BCUT2D eigenvalue weighted by molar-refractivity contribution is 7.89. The van der Waals surface area contributed by atoms with Crippen LogP contribution in [-0.4, -0.2) is 73.4 Å². The van der Waals surface area contributed by atoms with E-state index in [-0.39, 0.29) is 23.9 Å². The van der Waals surface area contributed by atoms with Crippen LogP contribution in [0.2, 0.25) is 0 Å². The highest BCUT2D eigenvalue weighted by atomic mass is 32.2. The number of carbonyl (C=O) groups is 1. The number of benzene rings is 1. The van der Waals surface area contributed by atoms with Crippen LogP contribution < -0.4 is 0 Å². The Hall–Kier alpha value is -2.23. The van der Waals surface area contributed by atoms with E-state index in [9.17, 15) is 13.2 Å². The molecule has 152 valence electrons. The number of amides is 1. The van der Waals surface area contributed by atoms with Gasteiger partial charge in [0.25, 0.3) is 0 Å². The van der Waals surface area contributed by atoms with Gasteiger partial charge >= 0.3 is 0 Å². The van der Waals surface area contributed by atoms with Crippen LogP contribution in [0.15, 0.2) is 39.8 Å². The Morgan fingerprint density at radius 3 is 2.36 bits per heavy atom. The van der Waals surface area contributed by atoms with Crippen molar-refractivity contribution in [1.82, 2.24) is 19.3 Å². The molecule has 9 heteroatoms. The summed E-state index contributed by atoms with van der Waals surface area (Å²) in [5, 5.41) is 3.74. The maximum Gasteiger partial charge on any atom is 0.248 e. The van der Waals surface area contributed by atoms with E-state index in [0.29, 0.717) is 37.6 Å². The van der Waals surface area contributed by atoms with Crippen LogP contribution in [0, 0.1) is 13.8 Å². The lowest BCUT2D eigenvalue weighted by molar-refractivity contribution is -0.133. The average Bonchev–Trinajstić information content (AvgIpc) is 3.01. The first-order valence-electron chi connectivity index (χ1n) is 9.22. The van der Waals surface area contributed by atoms with E-state index < -0.39 is 10.0 Å². The van der Waals surface area contributed by atoms with Crippen molar-refractivity contribution < 1.29 is 17.7 Å². The van der Waals surface area contributed by atoms with E-state index in [1.165, 1.54) is 4.31 Å². The summed E-state index contributed by atoms with van der Waals surface area (Å²) in [6, 6.07) is 9.97. The molecule has 1 amide bonds. The highest BCUT2D eigenvalue weighted by Crippen LogP contribution is 2.24. The first-order valence-corrected chi connectivity index (χ1v) is 10.7. The van der Waals surface area contributed by atoms with Crippen molar-refractivity contribution in [3.05, 3.63) is 47.3 Å². The third-order valence-corrected chi connectivity index (χ3v) is 7.00. The molecule has 1 aromatic heterocycles. The zero-order chi connectivity index (χ0) is 20.3. The molecule has 28 heavy (non-hydrogen) atoms. The SMILES string of the molecule is Cc1noc(C)c1S(=O)(=O)N1CCN(C(=O)CN(C)Cc2ccccc2)CC1. The molecule has 0 aliphatic carbocycles. The second kappa shape index (κ2) is 8.42. The van der Waals surface area contributed by atoms with E-state index >= 15 is 0 Å². The predicted molar refractivity (Wildman–Crippen MR) is 104 cm³/mol. The lowest BCUT2D eigenvalue weighted by atomic mass is 10.2. The quantitative estimate of drug-likeness (QED) is 0.718. The molecule has 1 fully saturated rings. The number of aryl methyl sites for hydroxylation is 2. The summed E-state index contributed by atoms with van der Waals surface area (Å²) in [5.41, 5.74) is 1.51. The van der Waals surface area contributed by atoms with Crippen LogP contribution >= 0.6 is 0 Å². The topological polar surface area (TPSA) is 87.0 Å². The van der Waals surface area contributed by atoms with Crippen molar-refractivity contribution in [2.45, 2.75) is 25.3 Å². The Morgan fingerprint density at radius 1 is 1.14 bits per heavy atom. The molecule has 0 bridgehead atoms. The number of piperazine rings is 1. The van der Waals surface area contributed by atoms with Crippen molar-refractivity contribution in [2.24, 2.45) is 0 Å². The average molecular weight is 407 g/mol. The molecule has 8 nitrogen and oxygen atoms in total. The monoisotopic (exact) mass is 406 g/mol. The Labute approximate surface area is 165 Å². The zero-order valence-electron chi connectivity index (χ0n) is 16.5. The molecule has 2 aromatic rings. The number of hydrogen-bond acceptors (Lipinski definition) is 6. The smallest absolute Gasteiger partial charge is 0.248 e. The standard InChI is InChI=1S/C19H26N4O4S/c1-15-19(16(2)27-20-15)28(25,26)23-11-9-22(10-12-23)18(24)14-21(3)13-17-7-5-4-6-8-17/h4-8H,9-14H2,1-3H3. The largest absolute Gasteiger partial charge is 0.360 e. The highest BCUT2D eigenvalue weighted by Gasteiger charge is 2.34. The fraction of sp³-hybridized carbons (Fsp3) is 0.474. The maximum absolute atomic E-state index is 12.9. The number of rotatable bonds is 6. The first-order chi connectivity index (χ1) is 13.3. The van der Waals surface area contributed by atoms with Gasteiger partial charge in [-0.2, -0.15) is 4.31 Å². The maximum atomic E-state index is 12.9. The minimum absolute atomic E-state index is 0.00724. The molecule has 1 saturated heterocycles. The Bertz CT molecular complexity index is 899. The third kappa shape index (κ3) is 4.43. The predicted octanol–water partition coefficient (Wildman–Crippen LogP) is 1.26. The van der Waals surface area contributed by atoms with Crippen molar-refractivity contribution in [3.63, 3.8) is 0 Å². The van der Waals surface area contributed by atoms with Crippen molar-refractivity contribution in [3.8, 4) is 0 Å². The Morgan fingerprint density at radius 2 is 1.79 bits per heavy atom. The number of likely N-dealkylation sites (N-methyl/N-ethyl adjacent to an activating group) is 1. The van der Waals surface area contributed by atoms with Crippen LogP contribution in [0.5, 0.6) is 0 Å². The molecular weight excluding hydrogens is 380 g/mol. The van der Waals surface area contributed by atoms with Gasteiger partial charge in [0.15, 0.2) is 5.76 Å². The molecular formula is C19H26N4O4S. The van der Waals surface area contributed by atoms with Gasteiger partial charge in [-0.25, -0.2) is 8.42 Å². The second-order valence-electron chi connectivity index (χ2n) is 7.10. The fourth-order valence-electron chi connectivity index (χ4n) is 3.43. The van der Waals surface area contributed by atoms with Crippen molar-refractivity contribution in [1.29, 1.82) is 0 Å². The fourth-order valence-corrected chi connectivity index (χ4v) is 5.15. The van der Waals surface area contributed by atoms with Crippen molar-refractivity contribution >= 4 is 15.9 Å². The second-order valence-corrected chi connectivity index (χ2v) is 8.97. The molecule has 0 spiro atoms. The molecule has 0 saturated carbocycles. The normalized spacial score (nSPS) is 15.9. The summed E-state index contributed by atoms with van der Waals surface area (Å²) in [4.78, 5) is 16.4. The Kier molecular flexibility index (Phi) is 6.17. The van der Waals surface area contributed by atoms with Crippen LogP contribution in [0.3, 0.4) is 0 Å². The van der Waals surface area contributed by atoms with Gasteiger partial charge in [0.1, 0.15) is 10.6 Å². The number of aromatic nitrogens is 1. The molecule has 2 heterocycles. The molecule has 3 rings (SSSR count). The van der Waals surface area contributed by atoms with E-state index in [0.717, 1.165) is 5.56 Å². The molecule has 0 unspecified atom stereocenters. The summed E-state index contributed by atoms with van der Waals surface area (Å²) in [6.45, 7) is 5.47. The van der Waals surface area contributed by atoms with Crippen molar-refractivity contribution in [2.75, 3.05) is 39.8 Å². The van der Waals surface area contributed by atoms with Crippen LogP contribution in [0.25, 0.3) is 0 Å². The molecule has 0 N–H and O–H groups in total. The molecule has 0 atom stereocenters. The van der Waals surface area contributed by atoms with Gasteiger partial charge in [-0.15, -0.1) is 0 Å². The number of carbonyl (C=O) groups excluding carboxylic acids is 1. The van der Waals surface area contributed by atoms with Crippen LogP contribution in [0.4, 0.5) is 0 Å². The summed E-state index contributed by atoms with van der Waals surface area (Å²) >= 11 is 0. The summed E-state index contributed by atoms with van der Waals surface area (Å²) in [5.74, 6) is 0.298. The van der Waals surface area contributed by atoms with Gasteiger partial charge in [-0.1, -0.05) is 35.5 Å². The van der Waals surface area contributed by atoms with Gasteiger partial charge in [-0.3, -0.25) is 9.69 Å². The lowest BCUT2D eigenvalue weighted by Gasteiger charge is -2.34. The number of hydrogen-bond donors (Lipinski definition) is 0. The van der Waals surface area contributed by atoms with E-state index in [1.807, 2.05) is 42.3 Å². The minimum Gasteiger partial charge on any atom is -0.360 e. The summed E-state index contributed by atoms with van der Waals surface area (Å²) in [7, 11) is -1.76. The summed E-state index contributed by atoms with van der Waals surface area (Å²) in [6.07, 6.45) is 0. The molecule has 1 aliphatic heterocycles. The van der Waals surface area contributed by atoms with Gasteiger partial charge in [0.2, 0.25) is 15.9 Å². The van der Waals surface area contributed by atoms with E-state index in [2.05, 4.69) is 5.16 Å².